The highest BCUT2D eigenvalue weighted by Crippen LogP contribution is 2.46. The number of nitrogens with zero attached hydrogens (tertiary/aromatic N) is 2. The summed E-state index contributed by atoms with van der Waals surface area (Å²) in [5.41, 5.74) is 4.06. The van der Waals surface area contributed by atoms with E-state index in [1.807, 2.05) is 36.4 Å². The summed E-state index contributed by atoms with van der Waals surface area (Å²) in [6.45, 7) is 2.86. The van der Waals surface area contributed by atoms with Gasteiger partial charge in [-0.25, -0.2) is 4.98 Å². The normalized spacial score (nSPS) is 19.8. The molecule has 3 aliphatic rings. The summed E-state index contributed by atoms with van der Waals surface area (Å²) >= 11 is 6.20. The molecule has 29 heavy (non-hydrogen) atoms. The number of para-hydroxylation sites is 1. The monoisotopic (exact) mass is 406 g/mol. The van der Waals surface area contributed by atoms with Crippen molar-refractivity contribution in [3.8, 4) is 11.1 Å². The van der Waals surface area contributed by atoms with Gasteiger partial charge < -0.3 is 14.4 Å². The summed E-state index contributed by atoms with van der Waals surface area (Å²) in [5, 5.41) is 1.46. The third-order valence-corrected chi connectivity index (χ3v) is 6.47. The topological polar surface area (TPSA) is 51.7 Å². The highest BCUT2D eigenvalue weighted by molar-refractivity contribution is 6.33. The fraction of sp³-hybridized carbons (Fsp3) is 0.304. The van der Waals surface area contributed by atoms with Crippen LogP contribution < -0.4 is 4.90 Å². The van der Waals surface area contributed by atoms with Gasteiger partial charge in [0.25, 0.3) is 0 Å². The number of carbonyl (C=O) groups is 1. The minimum absolute atomic E-state index is 0.0216. The van der Waals surface area contributed by atoms with Gasteiger partial charge in [-0.15, -0.1) is 0 Å². The van der Waals surface area contributed by atoms with Crippen molar-refractivity contribution >= 4 is 34.1 Å². The molecule has 0 amide bonds. The molecule has 3 heterocycles. The van der Waals surface area contributed by atoms with Crippen LogP contribution in [0.1, 0.15) is 28.8 Å². The number of ketones is 1. The highest BCUT2D eigenvalue weighted by atomic mass is 35.5. The predicted octanol–water partition coefficient (Wildman–Crippen LogP) is 4.44. The number of hydrogen-bond donors (Lipinski definition) is 0. The van der Waals surface area contributed by atoms with Crippen LogP contribution in [0, 0.1) is 0 Å². The van der Waals surface area contributed by atoms with Gasteiger partial charge in [0.15, 0.2) is 11.6 Å². The Labute approximate surface area is 173 Å². The quantitative estimate of drug-likeness (QED) is 0.467. The number of halogens is 1. The maximum Gasteiger partial charge on any atom is 0.195 e. The maximum absolute atomic E-state index is 13.3. The van der Waals surface area contributed by atoms with Gasteiger partial charge in [-0.1, -0.05) is 35.9 Å². The van der Waals surface area contributed by atoms with Crippen molar-refractivity contribution in [1.82, 2.24) is 4.98 Å². The van der Waals surface area contributed by atoms with Crippen LogP contribution in [0.3, 0.4) is 0 Å². The molecule has 6 heteroatoms. The molecule has 0 unspecified atom stereocenters. The second-order valence-corrected chi connectivity index (χ2v) is 8.25. The summed E-state index contributed by atoms with van der Waals surface area (Å²) in [5.74, 6) is 0.437. The molecule has 1 spiro atoms. The van der Waals surface area contributed by atoms with Crippen LogP contribution in [0.25, 0.3) is 22.0 Å². The lowest BCUT2D eigenvalue weighted by atomic mass is 9.99. The molecule has 0 atom stereocenters. The number of benzene rings is 2. The Morgan fingerprint density at radius 2 is 1.72 bits per heavy atom. The molecule has 3 aromatic rings. The van der Waals surface area contributed by atoms with Gasteiger partial charge in [-0.05, 0) is 23.8 Å². The molecule has 2 aromatic carbocycles. The molecule has 2 aliphatic heterocycles. The number of pyridine rings is 1. The zero-order valence-electron chi connectivity index (χ0n) is 15.8. The number of piperidine rings is 1. The van der Waals surface area contributed by atoms with Crippen LogP contribution in [0.15, 0.2) is 42.5 Å². The Balaban J connectivity index is 1.52. The van der Waals surface area contributed by atoms with Gasteiger partial charge in [0.1, 0.15) is 5.82 Å². The van der Waals surface area contributed by atoms with E-state index in [-0.39, 0.29) is 5.78 Å². The second-order valence-electron chi connectivity index (χ2n) is 7.82. The Hall–Kier alpha value is -2.47. The largest absolute Gasteiger partial charge is 0.356 e. The zero-order chi connectivity index (χ0) is 19.6. The number of carbonyl (C=O) groups excluding carboxylic acids is 1. The van der Waals surface area contributed by atoms with Gasteiger partial charge in [0.2, 0.25) is 0 Å². The fourth-order valence-electron chi connectivity index (χ4n) is 4.82. The Morgan fingerprint density at radius 1 is 0.966 bits per heavy atom. The van der Waals surface area contributed by atoms with Crippen molar-refractivity contribution in [2.45, 2.75) is 18.6 Å². The SMILES string of the molecule is O=C1c2cc(Cl)ccc2-c2c(N3CCC4(CC3)OCCO4)nc3ccccc3c21. The molecule has 0 radical (unpaired) electrons. The number of rotatable bonds is 1. The minimum Gasteiger partial charge on any atom is -0.356 e. The van der Waals surface area contributed by atoms with E-state index in [0.717, 1.165) is 59.3 Å². The molecule has 6 rings (SSSR count). The molecule has 0 N–H and O–H groups in total. The first kappa shape index (κ1) is 17.4. The van der Waals surface area contributed by atoms with Gasteiger partial charge in [0.05, 0.1) is 18.7 Å². The van der Waals surface area contributed by atoms with E-state index < -0.39 is 5.79 Å². The van der Waals surface area contributed by atoms with Crippen molar-refractivity contribution in [3.63, 3.8) is 0 Å². The van der Waals surface area contributed by atoms with Crippen LogP contribution in [0.2, 0.25) is 5.02 Å². The third-order valence-electron chi connectivity index (χ3n) is 6.23. The molecular formula is C23H19ClN2O3. The van der Waals surface area contributed by atoms with Crippen LogP contribution in [-0.4, -0.2) is 42.9 Å². The summed E-state index contributed by atoms with van der Waals surface area (Å²) in [6, 6.07) is 13.4. The van der Waals surface area contributed by atoms with Gasteiger partial charge in [0, 0.05) is 53.0 Å². The van der Waals surface area contributed by atoms with Crippen molar-refractivity contribution < 1.29 is 14.3 Å². The predicted molar refractivity (Wildman–Crippen MR) is 112 cm³/mol. The van der Waals surface area contributed by atoms with E-state index in [4.69, 9.17) is 26.1 Å². The third kappa shape index (κ3) is 2.54. The van der Waals surface area contributed by atoms with Gasteiger partial charge in [-0.3, -0.25) is 4.79 Å². The second kappa shape index (κ2) is 6.26. The minimum atomic E-state index is -0.447. The molecule has 146 valence electrons. The average molecular weight is 407 g/mol. The first-order valence-corrected chi connectivity index (χ1v) is 10.3. The smallest absolute Gasteiger partial charge is 0.195 e. The van der Waals surface area contributed by atoms with Crippen molar-refractivity contribution in [3.05, 3.63) is 58.6 Å². The fourth-order valence-corrected chi connectivity index (χ4v) is 4.99. The molecule has 5 nitrogen and oxygen atoms in total. The van der Waals surface area contributed by atoms with Crippen LogP contribution in [0.5, 0.6) is 0 Å². The number of aromatic nitrogens is 1. The van der Waals surface area contributed by atoms with Crippen molar-refractivity contribution in [2.24, 2.45) is 0 Å². The van der Waals surface area contributed by atoms with Crippen molar-refractivity contribution in [2.75, 3.05) is 31.2 Å². The van der Waals surface area contributed by atoms with Crippen LogP contribution >= 0.6 is 11.6 Å². The Kier molecular flexibility index (Phi) is 3.76. The molecule has 2 saturated heterocycles. The number of fused-ring (bicyclic) bond motifs is 5. The van der Waals surface area contributed by atoms with E-state index in [9.17, 15) is 4.79 Å². The molecule has 1 aromatic heterocycles. The lowest BCUT2D eigenvalue weighted by molar-refractivity contribution is -0.169. The van der Waals surface area contributed by atoms with Gasteiger partial charge >= 0.3 is 0 Å². The van der Waals surface area contributed by atoms with Gasteiger partial charge in [-0.2, -0.15) is 0 Å². The lowest BCUT2D eigenvalue weighted by Crippen LogP contribution is -2.45. The summed E-state index contributed by atoms with van der Waals surface area (Å²) in [6.07, 6.45) is 1.58. The number of ether oxygens (including phenoxy) is 2. The maximum atomic E-state index is 13.3. The summed E-state index contributed by atoms with van der Waals surface area (Å²) in [4.78, 5) is 20.6. The standard InChI is InChI=1S/C23H19ClN2O3/c24-14-5-6-15-17(13-14)21(27)19-16-3-1-2-4-18(16)25-22(20(15)19)26-9-7-23(8-10-26)28-11-12-29-23/h1-6,13H,7-12H2. The summed E-state index contributed by atoms with van der Waals surface area (Å²) in [7, 11) is 0. The highest BCUT2D eigenvalue weighted by Gasteiger charge is 2.41. The zero-order valence-corrected chi connectivity index (χ0v) is 16.5. The van der Waals surface area contributed by atoms with E-state index in [1.165, 1.54) is 0 Å². The molecule has 1 aliphatic carbocycles. The Morgan fingerprint density at radius 3 is 2.52 bits per heavy atom. The number of anilines is 1. The molecule has 0 bridgehead atoms. The summed E-state index contributed by atoms with van der Waals surface area (Å²) < 4.78 is 11.8. The molecular weight excluding hydrogens is 388 g/mol. The van der Waals surface area contributed by atoms with Crippen LogP contribution in [-0.2, 0) is 9.47 Å². The first-order chi connectivity index (χ1) is 14.2. The molecule has 0 saturated carbocycles. The lowest BCUT2D eigenvalue weighted by Gasteiger charge is -2.38. The van der Waals surface area contributed by atoms with E-state index in [1.54, 1.807) is 6.07 Å². The van der Waals surface area contributed by atoms with Crippen molar-refractivity contribution in [1.29, 1.82) is 0 Å². The van der Waals surface area contributed by atoms with E-state index >= 15 is 0 Å². The Bertz CT molecular complexity index is 1160. The van der Waals surface area contributed by atoms with Crippen LogP contribution in [0.4, 0.5) is 5.82 Å². The first-order valence-electron chi connectivity index (χ1n) is 9.95. The average Bonchev–Trinajstić information content (AvgIpc) is 3.31. The number of hydrogen-bond acceptors (Lipinski definition) is 5. The van der Waals surface area contributed by atoms with E-state index in [2.05, 4.69) is 4.90 Å². The molecule has 2 fully saturated rings. The van der Waals surface area contributed by atoms with E-state index in [0.29, 0.717) is 23.8 Å².